The molecule has 12 heteroatoms. The molecule has 1 amide bonds. The molecule has 31 heavy (non-hydrogen) atoms. The van der Waals surface area contributed by atoms with Crippen molar-refractivity contribution >= 4 is 17.2 Å². The van der Waals surface area contributed by atoms with Crippen LogP contribution in [0.1, 0.15) is 22.1 Å². The van der Waals surface area contributed by atoms with Crippen LogP contribution in [0, 0.1) is 5.82 Å². The monoisotopic (exact) mass is 457 g/mol. The van der Waals surface area contributed by atoms with Gasteiger partial charge in [-0.25, -0.2) is 9.37 Å². The molecule has 7 nitrogen and oxygen atoms in total. The number of amides is 1. The van der Waals surface area contributed by atoms with Crippen molar-refractivity contribution in [1.29, 1.82) is 0 Å². The predicted molar refractivity (Wildman–Crippen MR) is 103 cm³/mol. The second kappa shape index (κ2) is 9.27. The molecule has 3 rings (SSSR count). The normalized spacial score (nSPS) is 12.4. The van der Waals surface area contributed by atoms with Crippen LogP contribution in [0.2, 0.25) is 0 Å². The molecule has 164 valence electrons. The third-order valence-electron chi connectivity index (χ3n) is 3.95. The maximum Gasteiger partial charge on any atom is 0.573 e. The molecule has 0 spiro atoms. The number of aromatic nitrogens is 2. The van der Waals surface area contributed by atoms with Crippen molar-refractivity contribution in [3.05, 3.63) is 69.2 Å². The van der Waals surface area contributed by atoms with Gasteiger partial charge in [0.25, 0.3) is 11.5 Å². The number of aromatic amines is 1. The molecular formula is C19H15F4N3O4S. The summed E-state index contributed by atoms with van der Waals surface area (Å²) in [6.45, 7) is -0.119. The summed E-state index contributed by atoms with van der Waals surface area (Å²) in [4.78, 5) is 31.9. The lowest BCUT2D eigenvalue weighted by atomic mass is 10.1. The summed E-state index contributed by atoms with van der Waals surface area (Å²) >= 11 is 1.31. The van der Waals surface area contributed by atoms with Crippen LogP contribution in [0.5, 0.6) is 5.75 Å². The van der Waals surface area contributed by atoms with Gasteiger partial charge in [-0.3, -0.25) is 9.59 Å². The number of rotatable bonds is 7. The first-order valence-electron chi connectivity index (χ1n) is 8.66. The molecule has 0 aliphatic heterocycles. The van der Waals surface area contributed by atoms with E-state index in [1.807, 2.05) is 0 Å². The molecular weight excluding hydrogens is 442 g/mol. The van der Waals surface area contributed by atoms with E-state index in [9.17, 15) is 27.2 Å². The van der Waals surface area contributed by atoms with Crippen molar-refractivity contribution in [3.8, 4) is 16.5 Å². The molecule has 0 bridgehead atoms. The minimum atomic E-state index is -5.05. The fourth-order valence-electron chi connectivity index (χ4n) is 2.67. The Morgan fingerprint density at radius 1 is 1.29 bits per heavy atom. The molecule has 0 saturated heterocycles. The molecule has 0 unspecified atom stereocenters. The zero-order chi connectivity index (χ0) is 22.6. The van der Waals surface area contributed by atoms with Crippen molar-refractivity contribution in [2.45, 2.75) is 12.4 Å². The molecule has 0 fully saturated rings. The third-order valence-corrected chi connectivity index (χ3v) is 4.83. The van der Waals surface area contributed by atoms with Crippen molar-refractivity contribution in [3.63, 3.8) is 0 Å². The number of carbonyl (C=O) groups is 1. The molecule has 2 aromatic heterocycles. The van der Waals surface area contributed by atoms with Gasteiger partial charge in [-0.2, -0.15) is 0 Å². The van der Waals surface area contributed by atoms with Crippen LogP contribution in [-0.4, -0.2) is 36.0 Å². The number of halogens is 4. The fraction of sp³-hybridized carbons (Fsp3) is 0.211. The Bertz CT molecular complexity index is 1120. The number of nitrogens with zero attached hydrogens (tertiary/aromatic N) is 1. The summed E-state index contributed by atoms with van der Waals surface area (Å²) in [6, 6.07) is 6.29. The largest absolute Gasteiger partial charge is 0.573 e. The Hall–Kier alpha value is -3.25. The predicted octanol–water partition coefficient (Wildman–Crippen LogP) is 3.65. The molecule has 0 saturated carbocycles. The zero-order valence-electron chi connectivity index (χ0n) is 15.8. The fourth-order valence-corrected chi connectivity index (χ4v) is 3.33. The quantitative estimate of drug-likeness (QED) is 0.529. The smallest absolute Gasteiger partial charge is 0.403 e. The van der Waals surface area contributed by atoms with Crippen LogP contribution >= 0.6 is 11.3 Å². The van der Waals surface area contributed by atoms with Gasteiger partial charge >= 0.3 is 6.36 Å². The molecule has 0 aliphatic carbocycles. The van der Waals surface area contributed by atoms with Crippen molar-refractivity contribution in [2.75, 3.05) is 13.7 Å². The highest BCUT2D eigenvalue weighted by molar-refractivity contribution is 7.13. The maximum absolute atomic E-state index is 14.1. The third kappa shape index (κ3) is 5.89. The summed E-state index contributed by atoms with van der Waals surface area (Å²) in [5.74, 6) is -2.81. The lowest BCUT2D eigenvalue weighted by Crippen LogP contribution is -2.33. The number of nitrogens with one attached hydrogen (secondary N) is 2. The average Bonchev–Trinajstić information content (AvgIpc) is 3.22. The summed E-state index contributed by atoms with van der Waals surface area (Å²) in [7, 11) is 1.33. The van der Waals surface area contributed by atoms with Gasteiger partial charge in [0.1, 0.15) is 5.69 Å². The minimum Gasteiger partial charge on any atom is -0.403 e. The van der Waals surface area contributed by atoms with E-state index in [2.05, 4.69) is 20.0 Å². The highest BCUT2D eigenvalue weighted by Gasteiger charge is 2.32. The molecule has 0 radical (unpaired) electrons. The van der Waals surface area contributed by atoms with E-state index in [1.54, 1.807) is 17.5 Å². The number of alkyl halides is 3. The van der Waals surface area contributed by atoms with Crippen molar-refractivity contribution in [2.24, 2.45) is 0 Å². The highest BCUT2D eigenvalue weighted by atomic mass is 32.1. The average molecular weight is 457 g/mol. The van der Waals surface area contributed by atoms with E-state index < -0.39 is 35.4 Å². The Kier molecular flexibility index (Phi) is 6.71. The van der Waals surface area contributed by atoms with E-state index in [-0.39, 0.29) is 23.7 Å². The first kappa shape index (κ1) is 22.4. The number of H-pyrrole nitrogens is 1. The summed E-state index contributed by atoms with van der Waals surface area (Å²) in [5.41, 5.74) is -0.608. The first-order valence-corrected chi connectivity index (χ1v) is 9.54. The molecule has 2 heterocycles. The van der Waals surface area contributed by atoms with Crippen LogP contribution in [0.25, 0.3) is 10.7 Å². The van der Waals surface area contributed by atoms with Gasteiger partial charge in [-0.1, -0.05) is 12.1 Å². The summed E-state index contributed by atoms with van der Waals surface area (Å²) < 4.78 is 59.7. The van der Waals surface area contributed by atoms with Gasteiger partial charge in [-0.05, 0) is 29.1 Å². The standard InChI is InChI=1S/C19H15F4N3O4S/c1-29-9-13(10-4-5-14(11(20)7-10)30-19(21,22)23)25-18(28)12-8-16(27)26-17(24-12)15-3-2-6-31-15/h2-8,13H,9H2,1H3,(H,25,28)(H,24,26,27)/t13-/m1/s1. The number of ether oxygens (including phenoxy) is 2. The van der Waals surface area contributed by atoms with Gasteiger partial charge in [0.2, 0.25) is 0 Å². The number of thiophene rings is 1. The molecule has 3 aromatic rings. The van der Waals surface area contributed by atoms with Crippen LogP contribution in [-0.2, 0) is 4.74 Å². The number of hydrogen-bond acceptors (Lipinski definition) is 6. The van der Waals surface area contributed by atoms with E-state index in [4.69, 9.17) is 4.74 Å². The lowest BCUT2D eigenvalue weighted by molar-refractivity contribution is -0.275. The van der Waals surface area contributed by atoms with Crippen LogP contribution in [0.4, 0.5) is 17.6 Å². The first-order chi connectivity index (χ1) is 14.7. The molecule has 1 aromatic carbocycles. The SMILES string of the molecule is COC[C@@H](NC(=O)c1cc(=O)[nH]c(-c2cccs2)n1)c1ccc(OC(F)(F)F)c(F)c1. The second-order valence-electron chi connectivity index (χ2n) is 6.18. The maximum atomic E-state index is 14.1. The topological polar surface area (TPSA) is 93.3 Å². The Balaban J connectivity index is 1.84. The van der Waals surface area contributed by atoms with Gasteiger partial charge in [0, 0.05) is 13.2 Å². The Labute approximate surface area is 176 Å². The Morgan fingerprint density at radius 3 is 2.68 bits per heavy atom. The van der Waals surface area contributed by atoms with Gasteiger partial charge in [0.05, 0.1) is 17.5 Å². The number of benzene rings is 1. The van der Waals surface area contributed by atoms with Crippen molar-refractivity contribution < 1.29 is 31.8 Å². The van der Waals surface area contributed by atoms with E-state index in [0.29, 0.717) is 4.88 Å². The number of hydrogen-bond donors (Lipinski definition) is 2. The second-order valence-corrected chi connectivity index (χ2v) is 7.12. The highest BCUT2D eigenvalue weighted by Crippen LogP contribution is 2.28. The van der Waals surface area contributed by atoms with Gasteiger partial charge in [0.15, 0.2) is 17.4 Å². The Morgan fingerprint density at radius 2 is 2.06 bits per heavy atom. The van der Waals surface area contributed by atoms with Crippen LogP contribution in [0.3, 0.4) is 0 Å². The van der Waals surface area contributed by atoms with E-state index in [1.165, 1.54) is 18.4 Å². The van der Waals surface area contributed by atoms with Crippen LogP contribution < -0.4 is 15.6 Å². The zero-order valence-corrected chi connectivity index (χ0v) is 16.6. The van der Waals surface area contributed by atoms with E-state index >= 15 is 0 Å². The summed E-state index contributed by atoms with van der Waals surface area (Å²) in [5, 5.41) is 4.31. The minimum absolute atomic E-state index is 0.119. The van der Waals surface area contributed by atoms with E-state index in [0.717, 1.165) is 24.3 Å². The number of carbonyl (C=O) groups excluding carboxylic acids is 1. The molecule has 0 aliphatic rings. The summed E-state index contributed by atoms with van der Waals surface area (Å²) in [6.07, 6.45) is -5.05. The van der Waals surface area contributed by atoms with Crippen LogP contribution in [0.15, 0.2) is 46.6 Å². The van der Waals surface area contributed by atoms with Gasteiger partial charge in [-0.15, -0.1) is 24.5 Å². The lowest BCUT2D eigenvalue weighted by Gasteiger charge is -2.19. The number of methoxy groups -OCH3 is 1. The molecule has 2 N–H and O–H groups in total. The molecule has 1 atom stereocenters. The van der Waals surface area contributed by atoms with Gasteiger partial charge < -0.3 is 19.8 Å². The van der Waals surface area contributed by atoms with Crippen molar-refractivity contribution in [1.82, 2.24) is 15.3 Å².